The monoisotopic (exact) mass is 437 g/mol. The number of nitrogens with one attached hydrogen (secondary N) is 1. The van der Waals surface area contributed by atoms with Crippen molar-refractivity contribution in [3.05, 3.63) is 29.8 Å². The van der Waals surface area contributed by atoms with Gasteiger partial charge in [0.25, 0.3) is 16.1 Å². The number of carbonyl (C=O) groups is 1. The van der Waals surface area contributed by atoms with Crippen molar-refractivity contribution in [1.29, 1.82) is 0 Å². The van der Waals surface area contributed by atoms with E-state index in [9.17, 15) is 13.2 Å². The first-order valence-corrected chi connectivity index (χ1v) is 12.5. The molecule has 1 aromatic carbocycles. The standard InChI is InChI=1S/C22H35N3O4S/c1-24(2)30(27,28)25-16-14-21(15-17-25)29-20-12-10-18(11-13-20)22(26)23-19-8-6-4-3-5-7-9-19/h10-13,19,21H,3-9,14-17H2,1-2H3,(H,23,26). The first-order valence-electron chi connectivity index (χ1n) is 11.1. The minimum Gasteiger partial charge on any atom is -0.490 e. The van der Waals surface area contributed by atoms with Crippen molar-refractivity contribution in [2.75, 3.05) is 27.2 Å². The van der Waals surface area contributed by atoms with Gasteiger partial charge in [-0.15, -0.1) is 0 Å². The van der Waals surface area contributed by atoms with Gasteiger partial charge in [-0.3, -0.25) is 4.79 Å². The number of carbonyl (C=O) groups excluding carboxylic acids is 1. The topological polar surface area (TPSA) is 79.0 Å². The van der Waals surface area contributed by atoms with E-state index in [0.717, 1.165) is 12.8 Å². The molecule has 1 aliphatic carbocycles. The quantitative estimate of drug-likeness (QED) is 0.741. The van der Waals surface area contributed by atoms with Gasteiger partial charge in [0.1, 0.15) is 11.9 Å². The summed E-state index contributed by atoms with van der Waals surface area (Å²) in [6, 6.07) is 7.54. The van der Waals surface area contributed by atoms with E-state index >= 15 is 0 Å². The second kappa shape index (κ2) is 10.6. The molecule has 0 aromatic heterocycles. The maximum Gasteiger partial charge on any atom is 0.281 e. The third-order valence-electron chi connectivity index (χ3n) is 6.05. The molecule has 0 unspecified atom stereocenters. The summed E-state index contributed by atoms with van der Waals surface area (Å²) in [5, 5.41) is 3.19. The van der Waals surface area contributed by atoms with Crippen molar-refractivity contribution in [2.24, 2.45) is 0 Å². The van der Waals surface area contributed by atoms with Crippen molar-refractivity contribution in [3.63, 3.8) is 0 Å². The van der Waals surface area contributed by atoms with Crippen molar-refractivity contribution in [1.82, 2.24) is 13.9 Å². The highest BCUT2D eigenvalue weighted by molar-refractivity contribution is 7.86. The molecule has 1 N–H and O–H groups in total. The van der Waals surface area contributed by atoms with Gasteiger partial charge in [-0.05, 0) is 49.9 Å². The van der Waals surface area contributed by atoms with Crippen LogP contribution in [-0.2, 0) is 10.2 Å². The maximum absolute atomic E-state index is 12.6. The van der Waals surface area contributed by atoms with E-state index in [4.69, 9.17) is 4.74 Å². The number of hydrogen-bond acceptors (Lipinski definition) is 4. The van der Waals surface area contributed by atoms with Crippen LogP contribution < -0.4 is 10.1 Å². The summed E-state index contributed by atoms with van der Waals surface area (Å²) in [6.45, 7) is 0.903. The summed E-state index contributed by atoms with van der Waals surface area (Å²) in [4.78, 5) is 12.6. The van der Waals surface area contributed by atoms with Crippen LogP contribution in [0.1, 0.15) is 68.1 Å². The van der Waals surface area contributed by atoms with Crippen molar-refractivity contribution in [3.8, 4) is 5.75 Å². The average Bonchev–Trinajstić information content (AvgIpc) is 2.70. The Hall–Kier alpha value is -1.64. The maximum atomic E-state index is 12.6. The van der Waals surface area contributed by atoms with Crippen LogP contribution >= 0.6 is 0 Å². The highest BCUT2D eigenvalue weighted by Gasteiger charge is 2.30. The lowest BCUT2D eigenvalue weighted by Gasteiger charge is -2.32. The number of nitrogens with zero attached hydrogens (tertiary/aromatic N) is 2. The molecule has 1 amide bonds. The SMILES string of the molecule is CN(C)S(=O)(=O)N1CCC(Oc2ccc(C(=O)NC3CCCCCCC3)cc2)CC1. The molecule has 168 valence electrons. The van der Waals surface area contributed by atoms with Crippen molar-refractivity contribution >= 4 is 16.1 Å². The highest BCUT2D eigenvalue weighted by Crippen LogP contribution is 2.22. The molecule has 2 aliphatic rings. The molecular formula is C22H35N3O4S. The molecule has 0 bridgehead atoms. The van der Waals surface area contributed by atoms with Crippen molar-refractivity contribution < 1.29 is 17.9 Å². The van der Waals surface area contributed by atoms with Crippen LogP contribution in [0.5, 0.6) is 5.75 Å². The molecule has 3 rings (SSSR count). The third kappa shape index (κ3) is 6.18. The highest BCUT2D eigenvalue weighted by atomic mass is 32.2. The van der Waals surface area contributed by atoms with Gasteiger partial charge in [0.2, 0.25) is 0 Å². The smallest absolute Gasteiger partial charge is 0.281 e. The number of hydrogen-bond donors (Lipinski definition) is 1. The number of rotatable bonds is 6. The zero-order chi connectivity index (χ0) is 21.6. The van der Waals surface area contributed by atoms with Gasteiger partial charge in [0, 0.05) is 38.8 Å². The summed E-state index contributed by atoms with van der Waals surface area (Å²) in [7, 11) is -0.264. The predicted molar refractivity (Wildman–Crippen MR) is 118 cm³/mol. The lowest BCUT2D eigenvalue weighted by Crippen LogP contribution is -2.46. The number of piperidine rings is 1. The Morgan fingerprint density at radius 3 is 2.10 bits per heavy atom. The molecular weight excluding hydrogens is 402 g/mol. The third-order valence-corrected chi connectivity index (χ3v) is 7.99. The minimum absolute atomic E-state index is 0.0191. The predicted octanol–water partition coefficient (Wildman–Crippen LogP) is 3.18. The lowest BCUT2D eigenvalue weighted by molar-refractivity contribution is 0.0930. The number of amides is 1. The fourth-order valence-corrected chi connectivity index (χ4v) is 5.29. The Bertz CT molecular complexity index is 779. The van der Waals surface area contributed by atoms with Gasteiger partial charge in [0.05, 0.1) is 0 Å². The summed E-state index contributed by atoms with van der Waals surface area (Å²) in [5.41, 5.74) is 0.649. The van der Waals surface area contributed by atoms with Crippen LogP contribution in [0.15, 0.2) is 24.3 Å². The zero-order valence-corrected chi connectivity index (χ0v) is 19.0. The van der Waals surface area contributed by atoms with Crippen LogP contribution in [-0.4, -0.2) is 62.3 Å². The first-order chi connectivity index (χ1) is 14.4. The summed E-state index contributed by atoms with van der Waals surface area (Å²) in [6.07, 6.45) is 9.62. The lowest BCUT2D eigenvalue weighted by atomic mass is 9.96. The van der Waals surface area contributed by atoms with E-state index in [1.54, 1.807) is 26.2 Å². The fraction of sp³-hybridized carbons (Fsp3) is 0.682. The van der Waals surface area contributed by atoms with E-state index in [2.05, 4.69) is 5.32 Å². The molecule has 0 atom stereocenters. The van der Waals surface area contributed by atoms with E-state index < -0.39 is 10.2 Å². The molecule has 0 spiro atoms. The molecule has 0 radical (unpaired) electrons. The van der Waals surface area contributed by atoms with Gasteiger partial charge >= 0.3 is 0 Å². The van der Waals surface area contributed by atoms with Crippen LogP contribution in [0.25, 0.3) is 0 Å². The average molecular weight is 438 g/mol. The Balaban J connectivity index is 1.48. The fourth-order valence-electron chi connectivity index (χ4n) is 4.16. The Labute approximate surface area is 180 Å². The molecule has 1 saturated heterocycles. The van der Waals surface area contributed by atoms with Gasteiger partial charge in [-0.1, -0.05) is 32.1 Å². The van der Waals surface area contributed by atoms with Crippen LogP contribution in [0.3, 0.4) is 0 Å². The van der Waals surface area contributed by atoms with E-state index in [0.29, 0.717) is 37.2 Å². The van der Waals surface area contributed by atoms with Gasteiger partial charge in [-0.2, -0.15) is 17.0 Å². The Morgan fingerprint density at radius 1 is 0.967 bits per heavy atom. The number of benzene rings is 1. The van der Waals surface area contributed by atoms with E-state index in [-0.39, 0.29) is 18.1 Å². The molecule has 30 heavy (non-hydrogen) atoms. The normalized spacial score (nSPS) is 20.5. The minimum atomic E-state index is -3.36. The summed E-state index contributed by atoms with van der Waals surface area (Å²) < 4.78 is 33.2. The summed E-state index contributed by atoms with van der Waals surface area (Å²) >= 11 is 0. The largest absolute Gasteiger partial charge is 0.490 e. The van der Waals surface area contributed by atoms with E-state index in [1.807, 2.05) is 12.1 Å². The number of ether oxygens (including phenoxy) is 1. The van der Waals surface area contributed by atoms with Crippen LogP contribution in [0.4, 0.5) is 0 Å². The second-order valence-electron chi connectivity index (χ2n) is 8.55. The van der Waals surface area contributed by atoms with Gasteiger partial charge in [0.15, 0.2) is 0 Å². The molecule has 8 heteroatoms. The molecule has 1 heterocycles. The summed E-state index contributed by atoms with van der Waals surface area (Å²) in [5.74, 6) is 0.695. The Morgan fingerprint density at radius 2 is 1.53 bits per heavy atom. The van der Waals surface area contributed by atoms with Gasteiger partial charge in [-0.25, -0.2) is 0 Å². The van der Waals surface area contributed by atoms with Crippen LogP contribution in [0, 0.1) is 0 Å². The first kappa shape index (κ1) is 23.0. The second-order valence-corrected chi connectivity index (χ2v) is 10.7. The van der Waals surface area contributed by atoms with Crippen LogP contribution in [0.2, 0.25) is 0 Å². The molecule has 1 aromatic rings. The van der Waals surface area contributed by atoms with E-state index in [1.165, 1.54) is 40.7 Å². The Kier molecular flexibility index (Phi) is 8.13. The molecule has 7 nitrogen and oxygen atoms in total. The van der Waals surface area contributed by atoms with Crippen molar-refractivity contribution in [2.45, 2.75) is 69.9 Å². The molecule has 1 saturated carbocycles. The molecule has 1 aliphatic heterocycles. The van der Waals surface area contributed by atoms with Gasteiger partial charge < -0.3 is 10.1 Å². The zero-order valence-electron chi connectivity index (χ0n) is 18.2. The molecule has 2 fully saturated rings.